The Morgan fingerprint density at radius 3 is 2.97 bits per heavy atom. The van der Waals surface area contributed by atoms with Crippen molar-refractivity contribution in [3.05, 3.63) is 53.7 Å². The van der Waals surface area contributed by atoms with E-state index in [0.29, 0.717) is 17.0 Å². The van der Waals surface area contributed by atoms with Crippen LogP contribution in [0.25, 0.3) is 26.4 Å². The number of carbonyl (C=O) groups excluding carboxylic acids is 1. The van der Waals surface area contributed by atoms with Crippen LogP contribution in [0.2, 0.25) is 0 Å². The molecule has 5 rings (SSSR count). The SMILES string of the molecule is CNC(=O)c1cc2sc3nc(-c4ccc(C5CCCN5)cc4F)cn3c2cn1.Cl. The van der Waals surface area contributed by atoms with Crippen LogP contribution in [0.4, 0.5) is 4.39 Å². The first kappa shape index (κ1) is 19.8. The molecule has 0 saturated carbocycles. The smallest absolute Gasteiger partial charge is 0.269 e. The monoisotopic (exact) mass is 431 g/mol. The summed E-state index contributed by atoms with van der Waals surface area (Å²) in [6.45, 7) is 0.980. The summed E-state index contributed by atoms with van der Waals surface area (Å²) in [5.74, 6) is -0.492. The number of aromatic nitrogens is 3. The molecule has 4 heterocycles. The zero-order valence-electron chi connectivity index (χ0n) is 15.6. The third-order valence-electron chi connectivity index (χ3n) is 5.17. The van der Waals surface area contributed by atoms with Crippen molar-refractivity contribution in [1.82, 2.24) is 25.0 Å². The second-order valence-corrected chi connectivity index (χ2v) is 7.89. The van der Waals surface area contributed by atoms with E-state index in [9.17, 15) is 9.18 Å². The van der Waals surface area contributed by atoms with Crippen LogP contribution in [0.15, 0.2) is 36.7 Å². The Morgan fingerprint density at radius 1 is 1.38 bits per heavy atom. The van der Waals surface area contributed by atoms with Gasteiger partial charge in [-0.1, -0.05) is 17.4 Å². The molecular weight excluding hydrogens is 413 g/mol. The fraction of sp³-hybridized carbons (Fsp3) is 0.250. The normalized spacial score (nSPS) is 16.3. The van der Waals surface area contributed by atoms with Crippen LogP contribution in [0.3, 0.4) is 0 Å². The van der Waals surface area contributed by atoms with Crippen LogP contribution in [0, 0.1) is 5.82 Å². The number of rotatable bonds is 3. The van der Waals surface area contributed by atoms with Gasteiger partial charge in [-0.3, -0.25) is 9.20 Å². The van der Waals surface area contributed by atoms with E-state index in [1.165, 1.54) is 11.3 Å². The average molecular weight is 432 g/mol. The van der Waals surface area contributed by atoms with Crippen LogP contribution in [-0.4, -0.2) is 33.9 Å². The predicted octanol–water partition coefficient (Wildman–Crippen LogP) is 3.96. The lowest BCUT2D eigenvalue weighted by atomic mass is 10.0. The number of halogens is 2. The van der Waals surface area contributed by atoms with Gasteiger partial charge in [0.05, 0.1) is 22.1 Å². The quantitative estimate of drug-likeness (QED) is 0.515. The number of carbonyl (C=O) groups is 1. The number of amides is 1. The van der Waals surface area contributed by atoms with Gasteiger partial charge in [0.15, 0.2) is 4.96 Å². The van der Waals surface area contributed by atoms with Gasteiger partial charge in [-0.15, -0.1) is 12.4 Å². The van der Waals surface area contributed by atoms with E-state index in [0.717, 1.165) is 40.1 Å². The molecule has 1 saturated heterocycles. The average Bonchev–Trinajstić information content (AvgIpc) is 3.42. The summed E-state index contributed by atoms with van der Waals surface area (Å²) in [6, 6.07) is 7.38. The van der Waals surface area contributed by atoms with Crippen LogP contribution in [-0.2, 0) is 0 Å². The van der Waals surface area contributed by atoms with Gasteiger partial charge in [0.1, 0.15) is 11.5 Å². The summed E-state index contributed by atoms with van der Waals surface area (Å²) in [5.41, 5.74) is 3.27. The molecule has 29 heavy (non-hydrogen) atoms. The Hall–Kier alpha value is -2.55. The maximum Gasteiger partial charge on any atom is 0.269 e. The molecular formula is C20H19ClFN5OS. The second kappa shape index (κ2) is 7.70. The number of imidazole rings is 1. The van der Waals surface area contributed by atoms with Gasteiger partial charge in [0, 0.05) is 24.8 Å². The van der Waals surface area contributed by atoms with Crippen molar-refractivity contribution in [2.75, 3.05) is 13.6 Å². The highest BCUT2D eigenvalue weighted by Crippen LogP contribution is 2.32. The largest absolute Gasteiger partial charge is 0.354 e. The van der Waals surface area contributed by atoms with E-state index in [1.807, 2.05) is 16.7 Å². The lowest BCUT2D eigenvalue weighted by Crippen LogP contribution is -2.18. The number of fused-ring (bicyclic) bond motifs is 3. The zero-order valence-corrected chi connectivity index (χ0v) is 17.2. The van der Waals surface area contributed by atoms with Gasteiger partial charge in [0.2, 0.25) is 0 Å². The van der Waals surface area contributed by atoms with Crippen molar-refractivity contribution in [2.24, 2.45) is 0 Å². The lowest BCUT2D eigenvalue weighted by Gasteiger charge is -2.11. The fourth-order valence-electron chi connectivity index (χ4n) is 3.71. The minimum Gasteiger partial charge on any atom is -0.354 e. The molecule has 3 aromatic heterocycles. The van der Waals surface area contributed by atoms with Gasteiger partial charge in [0.25, 0.3) is 5.91 Å². The molecule has 9 heteroatoms. The minimum atomic E-state index is -0.263. The van der Waals surface area contributed by atoms with E-state index in [-0.39, 0.29) is 30.2 Å². The van der Waals surface area contributed by atoms with E-state index in [2.05, 4.69) is 20.6 Å². The Morgan fingerprint density at radius 2 is 2.24 bits per heavy atom. The van der Waals surface area contributed by atoms with Crippen LogP contribution in [0.1, 0.15) is 34.9 Å². The molecule has 1 aliphatic rings. The topological polar surface area (TPSA) is 71.3 Å². The zero-order chi connectivity index (χ0) is 19.3. The summed E-state index contributed by atoms with van der Waals surface area (Å²) in [4.78, 5) is 21.3. The molecule has 0 bridgehead atoms. The van der Waals surface area contributed by atoms with Crippen molar-refractivity contribution in [1.29, 1.82) is 0 Å². The highest BCUT2D eigenvalue weighted by atomic mass is 35.5. The standard InChI is InChI=1S/C20H18FN5OS.ClH/c1-22-19(27)15-8-18-17(9-24-15)26-10-16(25-20(26)28-18)12-5-4-11(7-13(12)21)14-3-2-6-23-14;/h4-5,7-10,14,23H,2-3,6H2,1H3,(H,22,27);1H. The number of hydrogen-bond donors (Lipinski definition) is 2. The predicted molar refractivity (Wildman–Crippen MR) is 114 cm³/mol. The van der Waals surface area contributed by atoms with Gasteiger partial charge in [-0.25, -0.2) is 14.4 Å². The van der Waals surface area contributed by atoms with Gasteiger partial charge in [-0.05, 0) is 43.1 Å². The fourth-order valence-corrected chi connectivity index (χ4v) is 4.72. The van der Waals surface area contributed by atoms with E-state index in [1.54, 1.807) is 31.4 Å². The molecule has 1 aromatic carbocycles. The number of thiazole rings is 1. The summed E-state index contributed by atoms with van der Waals surface area (Å²) < 4.78 is 17.6. The van der Waals surface area contributed by atoms with E-state index in [4.69, 9.17) is 0 Å². The van der Waals surface area contributed by atoms with Crippen molar-refractivity contribution in [2.45, 2.75) is 18.9 Å². The number of nitrogens with one attached hydrogen (secondary N) is 2. The first-order valence-corrected chi connectivity index (χ1v) is 9.98. The third kappa shape index (κ3) is 3.37. The molecule has 1 unspecified atom stereocenters. The van der Waals surface area contributed by atoms with E-state index >= 15 is 0 Å². The highest BCUT2D eigenvalue weighted by molar-refractivity contribution is 7.23. The van der Waals surface area contributed by atoms with Crippen molar-refractivity contribution < 1.29 is 9.18 Å². The maximum atomic E-state index is 14.8. The van der Waals surface area contributed by atoms with Crippen LogP contribution in [0.5, 0.6) is 0 Å². The number of pyridine rings is 1. The molecule has 6 nitrogen and oxygen atoms in total. The van der Waals surface area contributed by atoms with Gasteiger partial charge in [-0.2, -0.15) is 0 Å². The molecule has 1 aliphatic heterocycles. The second-order valence-electron chi connectivity index (χ2n) is 6.89. The number of hydrogen-bond acceptors (Lipinski definition) is 5. The maximum absolute atomic E-state index is 14.8. The first-order valence-electron chi connectivity index (χ1n) is 9.17. The molecule has 0 radical (unpaired) electrons. The number of nitrogens with zero attached hydrogens (tertiary/aromatic N) is 3. The molecule has 1 amide bonds. The number of benzene rings is 1. The Labute approximate surface area is 176 Å². The van der Waals surface area contributed by atoms with Crippen LogP contribution >= 0.6 is 23.7 Å². The first-order chi connectivity index (χ1) is 13.6. The van der Waals surface area contributed by atoms with Crippen molar-refractivity contribution in [3.8, 4) is 11.3 Å². The molecule has 1 atom stereocenters. The summed E-state index contributed by atoms with van der Waals surface area (Å²) in [5, 5.41) is 5.96. The van der Waals surface area contributed by atoms with Gasteiger partial charge >= 0.3 is 0 Å². The summed E-state index contributed by atoms with van der Waals surface area (Å²) >= 11 is 1.45. The van der Waals surface area contributed by atoms with Gasteiger partial charge < -0.3 is 10.6 Å². The minimum absolute atomic E-state index is 0. The Balaban J connectivity index is 0.00000205. The van der Waals surface area contributed by atoms with Crippen molar-refractivity contribution in [3.63, 3.8) is 0 Å². The van der Waals surface area contributed by atoms with E-state index < -0.39 is 0 Å². The lowest BCUT2D eigenvalue weighted by molar-refractivity contribution is 0.0958. The molecule has 1 fully saturated rings. The summed E-state index contributed by atoms with van der Waals surface area (Å²) in [6.07, 6.45) is 5.63. The molecule has 4 aromatic rings. The highest BCUT2D eigenvalue weighted by Gasteiger charge is 2.19. The Kier molecular flexibility index (Phi) is 5.24. The Bertz CT molecular complexity index is 1210. The van der Waals surface area contributed by atoms with Crippen LogP contribution < -0.4 is 10.6 Å². The molecule has 2 N–H and O–H groups in total. The van der Waals surface area contributed by atoms with Crippen molar-refractivity contribution >= 4 is 44.8 Å². The molecule has 0 aliphatic carbocycles. The summed E-state index contributed by atoms with van der Waals surface area (Å²) in [7, 11) is 1.57. The third-order valence-corrected chi connectivity index (χ3v) is 6.19. The molecule has 150 valence electrons. The molecule has 0 spiro atoms.